The third-order valence-electron chi connectivity index (χ3n) is 2.96. The molecule has 3 heteroatoms. The van der Waals surface area contributed by atoms with Crippen LogP contribution in [0.5, 0.6) is 5.75 Å². The normalized spacial score (nSPS) is 13.5. The van der Waals surface area contributed by atoms with Crippen LogP contribution < -0.4 is 0 Å². The predicted molar refractivity (Wildman–Crippen MR) is 69.4 cm³/mol. The topological polar surface area (TPSA) is 45.4 Å². The van der Waals surface area contributed by atoms with Crippen LogP contribution in [0.1, 0.15) is 32.5 Å². The molecule has 0 fully saturated rings. The molecule has 17 heavy (non-hydrogen) atoms. The Morgan fingerprint density at radius 2 is 1.94 bits per heavy atom. The van der Waals surface area contributed by atoms with Crippen molar-refractivity contribution in [3.63, 3.8) is 0 Å². The number of aliphatic hydroxyl groups excluding tert-OH is 1. The molecule has 1 unspecified atom stereocenters. The van der Waals surface area contributed by atoms with Crippen LogP contribution >= 0.6 is 0 Å². The molecule has 0 aliphatic heterocycles. The Morgan fingerprint density at radius 3 is 2.53 bits per heavy atom. The fourth-order valence-corrected chi connectivity index (χ4v) is 2.36. The maximum Gasteiger partial charge on any atom is 0.124 e. The molecule has 1 heterocycles. The van der Waals surface area contributed by atoms with Crippen LogP contribution in [0, 0.1) is 0 Å². The van der Waals surface area contributed by atoms with Crippen molar-refractivity contribution in [3.8, 4) is 5.75 Å². The van der Waals surface area contributed by atoms with Crippen LogP contribution in [0.3, 0.4) is 0 Å². The smallest absolute Gasteiger partial charge is 0.124 e. The minimum absolute atomic E-state index is 0.300. The van der Waals surface area contributed by atoms with Gasteiger partial charge in [-0.2, -0.15) is 0 Å². The van der Waals surface area contributed by atoms with E-state index in [1.54, 1.807) is 13.0 Å². The van der Waals surface area contributed by atoms with Crippen LogP contribution in [-0.4, -0.2) is 20.9 Å². The average molecular weight is 233 g/mol. The summed E-state index contributed by atoms with van der Waals surface area (Å²) in [6.45, 7) is 5.99. The van der Waals surface area contributed by atoms with Gasteiger partial charge in [0.2, 0.25) is 0 Å². The number of fused-ring (bicyclic) bond motifs is 1. The van der Waals surface area contributed by atoms with Crippen molar-refractivity contribution in [3.05, 3.63) is 30.0 Å². The second kappa shape index (κ2) is 4.41. The molecule has 1 atom stereocenters. The zero-order valence-corrected chi connectivity index (χ0v) is 10.5. The number of phenols is 1. The SMILES string of the molecule is CC(O)Cc1cc2c(O)cccc2n1C(C)C. The Labute approximate surface area is 101 Å². The second-order valence-corrected chi connectivity index (χ2v) is 4.86. The number of rotatable bonds is 3. The standard InChI is InChI=1S/C14H19NO2/c1-9(2)15-11(7-10(3)16)8-12-13(15)5-4-6-14(12)17/h4-6,8-10,16-17H,7H2,1-3H3. The molecule has 2 aromatic rings. The first-order chi connectivity index (χ1) is 8.00. The van der Waals surface area contributed by atoms with Crippen LogP contribution in [0.15, 0.2) is 24.3 Å². The van der Waals surface area contributed by atoms with Crippen LogP contribution in [0.25, 0.3) is 10.9 Å². The largest absolute Gasteiger partial charge is 0.507 e. The van der Waals surface area contributed by atoms with Crippen molar-refractivity contribution in [1.82, 2.24) is 4.57 Å². The van der Waals surface area contributed by atoms with Crippen LogP contribution in [0.2, 0.25) is 0 Å². The molecular weight excluding hydrogens is 214 g/mol. The maximum absolute atomic E-state index is 9.85. The van der Waals surface area contributed by atoms with Gasteiger partial charge in [-0.1, -0.05) is 6.07 Å². The molecule has 92 valence electrons. The monoisotopic (exact) mass is 233 g/mol. The summed E-state index contributed by atoms with van der Waals surface area (Å²) in [5.74, 6) is 0.300. The quantitative estimate of drug-likeness (QED) is 0.856. The Kier molecular flexibility index (Phi) is 3.11. The maximum atomic E-state index is 9.85. The lowest BCUT2D eigenvalue weighted by atomic mass is 10.2. The molecular formula is C14H19NO2. The fraction of sp³-hybridized carbons (Fsp3) is 0.429. The first-order valence-corrected chi connectivity index (χ1v) is 6.00. The number of phenolic OH excluding ortho intramolecular Hbond substituents is 1. The summed E-state index contributed by atoms with van der Waals surface area (Å²) in [6, 6.07) is 7.82. The van der Waals surface area contributed by atoms with E-state index in [9.17, 15) is 10.2 Å². The molecule has 0 aliphatic rings. The summed E-state index contributed by atoms with van der Waals surface area (Å²) >= 11 is 0. The Morgan fingerprint density at radius 1 is 1.24 bits per heavy atom. The van der Waals surface area contributed by atoms with Gasteiger partial charge in [-0.3, -0.25) is 0 Å². The lowest BCUT2D eigenvalue weighted by Gasteiger charge is -2.15. The summed E-state index contributed by atoms with van der Waals surface area (Å²) in [4.78, 5) is 0. The van der Waals surface area contributed by atoms with Gasteiger partial charge in [0.25, 0.3) is 0 Å². The zero-order chi connectivity index (χ0) is 12.6. The molecule has 0 spiro atoms. The van der Waals surface area contributed by atoms with E-state index in [1.807, 2.05) is 18.2 Å². The third kappa shape index (κ3) is 2.15. The van der Waals surface area contributed by atoms with Crippen molar-refractivity contribution >= 4 is 10.9 Å². The summed E-state index contributed by atoms with van der Waals surface area (Å²) < 4.78 is 2.17. The molecule has 0 bridgehead atoms. The van der Waals surface area contributed by atoms with Gasteiger partial charge in [-0.15, -0.1) is 0 Å². The Hall–Kier alpha value is -1.48. The molecule has 2 rings (SSSR count). The highest BCUT2D eigenvalue weighted by Crippen LogP contribution is 2.30. The average Bonchev–Trinajstić information content (AvgIpc) is 2.56. The number of hydrogen-bond donors (Lipinski definition) is 2. The number of aromatic hydroxyl groups is 1. The van der Waals surface area contributed by atoms with E-state index in [2.05, 4.69) is 18.4 Å². The van der Waals surface area contributed by atoms with E-state index < -0.39 is 0 Å². The number of benzene rings is 1. The minimum atomic E-state index is -0.376. The molecule has 0 aliphatic carbocycles. The van der Waals surface area contributed by atoms with E-state index in [0.717, 1.165) is 16.6 Å². The van der Waals surface area contributed by atoms with Gasteiger partial charge < -0.3 is 14.8 Å². The van der Waals surface area contributed by atoms with E-state index in [4.69, 9.17) is 0 Å². The van der Waals surface area contributed by atoms with Crippen molar-refractivity contribution in [1.29, 1.82) is 0 Å². The highest BCUT2D eigenvalue weighted by atomic mass is 16.3. The van der Waals surface area contributed by atoms with Crippen LogP contribution in [-0.2, 0) is 6.42 Å². The van der Waals surface area contributed by atoms with Gasteiger partial charge >= 0.3 is 0 Å². The van der Waals surface area contributed by atoms with Crippen molar-refractivity contribution in [2.75, 3.05) is 0 Å². The molecule has 0 saturated heterocycles. The number of hydrogen-bond acceptors (Lipinski definition) is 2. The first-order valence-electron chi connectivity index (χ1n) is 6.00. The van der Waals surface area contributed by atoms with E-state index in [1.165, 1.54) is 0 Å². The summed E-state index contributed by atoms with van der Waals surface area (Å²) in [6.07, 6.45) is 0.228. The first kappa shape index (κ1) is 12.0. The van der Waals surface area contributed by atoms with Gasteiger partial charge in [0.15, 0.2) is 0 Å². The highest BCUT2D eigenvalue weighted by Gasteiger charge is 2.14. The highest BCUT2D eigenvalue weighted by molar-refractivity contribution is 5.87. The van der Waals surface area contributed by atoms with E-state index in [-0.39, 0.29) is 6.10 Å². The molecule has 1 aromatic heterocycles. The summed E-state index contributed by atoms with van der Waals surface area (Å²) in [5, 5.41) is 20.2. The summed E-state index contributed by atoms with van der Waals surface area (Å²) in [7, 11) is 0. The van der Waals surface area contributed by atoms with Gasteiger partial charge in [-0.05, 0) is 39.0 Å². The third-order valence-corrected chi connectivity index (χ3v) is 2.96. The molecule has 1 aromatic carbocycles. The lowest BCUT2D eigenvalue weighted by molar-refractivity contribution is 0.192. The zero-order valence-electron chi connectivity index (χ0n) is 10.5. The number of nitrogens with zero attached hydrogens (tertiary/aromatic N) is 1. The number of aromatic nitrogens is 1. The van der Waals surface area contributed by atoms with E-state index >= 15 is 0 Å². The van der Waals surface area contributed by atoms with E-state index in [0.29, 0.717) is 18.2 Å². The number of aliphatic hydroxyl groups is 1. The minimum Gasteiger partial charge on any atom is -0.507 e. The lowest BCUT2D eigenvalue weighted by Crippen LogP contribution is -2.11. The summed E-state index contributed by atoms with van der Waals surface area (Å²) in [5.41, 5.74) is 2.09. The van der Waals surface area contributed by atoms with Gasteiger partial charge in [-0.25, -0.2) is 0 Å². The molecule has 0 radical (unpaired) electrons. The fourth-order valence-electron chi connectivity index (χ4n) is 2.36. The van der Waals surface area contributed by atoms with Crippen molar-refractivity contribution < 1.29 is 10.2 Å². The van der Waals surface area contributed by atoms with Gasteiger partial charge in [0.05, 0.1) is 11.6 Å². The van der Waals surface area contributed by atoms with Gasteiger partial charge in [0, 0.05) is 23.5 Å². The van der Waals surface area contributed by atoms with Gasteiger partial charge in [0.1, 0.15) is 5.75 Å². The second-order valence-electron chi connectivity index (χ2n) is 4.86. The van der Waals surface area contributed by atoms with Crippen molar-refractivity contribution in [2.24, 2.45) is 0 Å². The Balaban J connectivity index is 2.66. The molecule has 3 nitrogen and oxygen atoms in total. The van der Waals surface area contributed by atoms with Crippen molar-refractivity contribution in [2.45, 2.75) is 39.3 Å². The Bertz CT molecular complexity index is 526. The van der Waals surface area contributed by atoms with Crippen LogP contribution in [0.4, 0.5) is 0 Å². The predicted octanol–water partition coefficient (Wildman–Crippen LogP) is 2.85. The molecule has 0 amide bonds. The molecule has 2 N–H and O–H groups in total. The molecule has 0 saturated carbocycles.